The summed E-state index contributed by atoms with van der Waals surface area (Å²) in [7, 11) is 5.79. The second-order valence-corrected chi connectivity index (χ2v) is 8.47. The SMILES string of the molecule is COc1cc(S(=O)(=O)Cl)c(OC)cc1CCN(C)C(=O)c1ccccc1C=O. The van der Waals surface area contributed by atoms with E-state index in [1.807, 2.05) is 0 Å². The molecule has 150 valence electrons. The fraction of sp³-hybridized carbons (Fsp3) is 0.263. The normalized spacial score (nSPS) is 11.0. The Kier molecular flexibility index (Phi) is 7.04. The second kappa shape index (κ2) is 9.07. The van der Waals surface area contributed by atoms with E-state index < -0.39 is 9.05 Å². The molecule has 0 aliphatic rings. The van der Waals surface area contributed by atoms with Gasteiger partial charge in [0.2, 0.25) is 0 Å². The van der Waals surface area contributed by atoms with Crippen LogP contribution in [0.25, 0.3) is 0 Å². The summed E-state index contributed by atoms with van der Waals surface area (Å²) in [5.41, 5.74) is 1.27. The lowest BCUT2D eigenvalue weighted by molar-refractivity contribution is 0.0793. The molecule has 2 rings (SSSR count). The van der Waals surface area contributed by atoms with Gasteiger partial charge in [-0.1, -0.05) is 18.2 Å². The fourth-order valence-electron chi connectivity index (χ4n) is 2.71. The number of hydrogen-bond acceptors (Lipinski definition) is 6. The maximum absolute atomic E-state index is 12.6. The highest BCUT2D eigenvalue weighted by molar-refractivity contribution is 8.13. The molecule has 0 radical (unpaired) electrons. The van der Waals surface area contributed by atoms with Gasteiger partial charge in [0, 0.05) is 35.9 Å². The van der Waals surface area contributed by atoms with Gasteiger partial charge in [-0.05, 0) is 24.1 Å². The average molecular weight is 426 g/mol. The largest absolute Gasteiger partial charge is 0.496 e. The van der Waals surface area contributed by atoms with E-state index in [1.165, 1.54) is 31.3 Å². The number of rotatable bonds is 8. The van der Waals surface area contributed by atoms with E-state index in [1.54, 1.807) is 31.3 Å². The molecule has 0 saturated heterocycles. The van der Waals surface area contributed by atoms with Crippen LogP contribution in [0.15, 0.2) is 41.3 Å². The Hall–Kier alpha value is -2.58. The topological polar surface area (TPSA) is 90.0 Å². The molecular formula is C19H20ClNO6S. The number of halogens is 1. The summed E-state index contributed by atoms with van der Waals surface area (Å²) < 4.78 is 33.8. The maximum atomic E-state index is 12.6. The molecule has 28 heavy (non-hydrogen) atoms. The average Bonchev–Trinajstić information content (AvgIpc) is 2.69. The van der Waals surface area contributed by atoms with Crippen LogP contribution < -0.4 is 9.47 Å². The van der Waals surface area contributed by atoms with E-state index in [2.05, 4.69) is 0 Å². The predicted molar refractivity (Wildman–Crippen MR) is 105 cm³/mol. The number of nitrogens with zero attached hydrogens (tertiary/aromatic N) is 1. The summed E-state index contributed by atoms with van der Waals surface area (Å²) in [5.74, 6) is 0.105. The molecule has 0 spiro atoms. The van der Waals surface area contributed by atoms with Crippen LogP contribution in [0, 0.1) is 0 Å². The van der Waals surface area contributed by atoms with Gasteiger partial charge in [-0.3, -0.25) is 9.59 Å². The summed E-state index contributed by atoms with van der Waals surface area (Å²) >= 11 is 0. The Bertz CT molecular complexity index is 990. The van der Waals surface area contributed by atoms with Crippen molar-refractivity contribution in [2.75, 3.05) is 27.8 Å². The van der Waals surface area contributed by atoms with Crippen LogP contribution in [0.3, 0.4) is 0 Å². The van der Waals surface area contributed by atoms with Gasteiger partial charge in [0.25, 0.3) is 15.0 Å². The zero-order valence-electron chi connectivity index (χ0n) is 15.6. The molecule has 0 N–H and O–H groups in total. The quantitative estimate of drug-likeness (QED) is 0.477. The monoisotopic (exact) mass is 425 g/mol. The molecular weight excluding hydrogens is 406 g/mol. The number of ether oxygens (including phenoxy) is 2. The second-order valence-electron chi connectivity index (χ2n) is 5.93. The lowest BCUT2D eigenvalue weighted by Gasteiger charge is -2.19. The van der Waals surface area contributed by atoms with E-state index >= 15 is 0 Å². The third-order valence-electron chi connectivity index (χ3n) is 4.21. The molecule has 0 fully saturated rings. The summed E-state index contributed by atoms with van der Waals surface area (Å²) in [4.78, 5) is 25.0. The number of benzene rings is 2. The molecule has 9 heteroatoms. The van der Waals surface area contributed by atoms with E-state index in [4.69, 9.17) is 20.2 Å². The van der Waals surface area contributed by atoms with E-state index in [-0.39, 0.29) is 16.6 Å². The van der Waals surface area contributed by atoms with Crippen molar-refractivity contribution >= 4 is 31.9 Å². The summed E-state index contributed by atoms with van der Waals surface area (Å²) in [6.07, 6.45) is 1.01. The van der Waals surface area contributed by atoms with Crippen molar-refractivity contribution in [1.29, 1.82) is 0 Å². The van der Waals surface area contributed by atoms with Crippen molar-refractivity contribution in [2.45, 2.75) is 11.3 Å². The Morgan fingerprint density at radius 3 is 2.36 bits per heavy atom. The maximum Gasteiger partial charge on any atom is 0.265 e. The van der Waals surface area contributed by atoms with E-state index in [0.717, 1.165) is 0 Å². The third-order valence-corrected chi connectivity index (χ3v) is 5.55. The molecule has 0 saturated carbocycles. The van der Waals surface area contributed by atoms with Gasteiger partial charge in [-0.15, -0.1) is 0 Å². The van der Waals surface area contributed by atoms with Crippen LogP contribution in [0.1, 0.15) is 26.3 Å². The number of amides is 1. The highest BCUT2D eigenvalue weighted by Crippen LogP contribution is 2.34. The zero-order valence-corrected chi connectivity index (χ0v) is 17.2. The van der Waals surface area contributed by atoms with Crippen LogP contribution >= 0.6 is 10.7 Å². The van der Waals surface area contributed by atoms with Gasteiger partial charge in [-0.25, -0.2) is 8.42 Å². The van der Waals surface area contributed by atoms with Crippen LogP contribution in [0.4, 0.5) is 0 Å². The number of carbonyl (C=O) groups excluding carboxylic acids is 2. The van der Waals surface area contributed by atoms with Gasteiger partial charge in [0.1, 0.15) is 16.4 Å². The summed E-state index contributed by atoms with van der Waals surface area (Å²) in [6.45, 7) is 0.304. The number of methoxy groups -OCH3 is 2. The van der Waals surface area contributed by atoms with E-state index in [9.17, 15) is 18.0 Å². The number of aldehydes is 1. The van der Waals surface area contributed by atoms with Crippen molar-refractivity contribution in [2.24, 2.45) is 0 Å². The first-order valence-electron chi connectivity index (χ1n) is 8.22. The van der Waals surface area contributed by atoms with Gasteiger partial charge < -0.3 is 14.4 Å². The molecule has 0 aliphatic heterocycles. The smallest absolute Gasteiger partial charge is 0.265 e. The van der Waals surface area contributed by atoms with Gasteiger partial charge >= 0.3 is 0 Å². The van der Waals surface area contributed by atoms with Crippen LogP contribution in [0.2, 0.25) is 0 Å². The fourth-order valence-corrected chi connectivity index (χ4v) is 3.70. The predicted octanol–water partition coefficient (Wildman–Crippen LogP) is 2.76. The van der Waals surface area contributed by atoms with Crippen molar-refractivity contribution in [3.8, 4) is 11.5 Å². The number of likely N-dealkylation sites (N-methyl/N-ethyl adjacent to an activating group) is 1. The van der Waals surface area contributed by atoms with Crippen molar-refractivity contribution in [3.63, 3.8) is 0 Å². The zero-order chi connectivity index (χ0) is 20.9. The lowest BCUT2D eigenvalue weighted by Crippen LogP contribution is -2.29. The molecule has 0 bridgehead atoms. The molecule has 0 aliphatic carbocycles. The third kappa shape index (κ3) is 4.82. The van der Waals surface area contributed by atoms with Gasteiger partial charge in [-0.2, -0.15) is 0 Å². The molecule has 0 unspecified atom stereocenters. The van der Waals surface area contributed by atoms with Crippen molar-refractivity contribution in [3.05, 3.63) is 53.1 Å². The first-order chi connectivity index (χ1) is 13.2. The van der Waals surface area contributed by atoms with Crippen LogP contribution in [0.5, 0.6) is 11.5 Å². The van der Waals surface area contributed by atoms with E-state index in [0.29, 0.717) is 41.7 Å². The highest BCUT2D eigenvalue weighted by Gasteiger charge is 2.21. The standard InChI is InChI=1S/C19H20ClNO6S/c1-21(19(23)15-7-5-4-6-14(15)12-22)9-8-13-10-17(27-3)18(28(20,24)25)11-16(13)26-2/h4-7,10-12H,8-9H2,1-3H3. The Morgan fingerprint density at radius 2 is 1.79 bits per heavy atom. The summed E-state index contributed by atoms with van der Waals surface area (Å²) in [6, 6.07) is 9.35. The molecule has 2 aromatic rings. The molecule has 7 nitrogen and oxygen atoms in total. The molecule has 0 heterocycles. The highest BCUT2D eigenvalue weighted by atomic mass is 35.7. The minimum atomic E-state index is -4.01. The molecule has 2 aromatic carbocycles. The Balaban J connectivity index is 2.26. The van der Waals surface area contributed by atoms with Gasteiger partial charge in [0.15, 0.2) is 6.29 Å². The molecule has 0 atom stereocenters. The molecule has 0 aromatic heterocycles. The van der Waals surface area contributed by atoms with Crippen LogP contribution in [-0.2, 0) is 15.5 Å². The van der Waals surface area contributed by atoms with Crippen molar-refractivity contribution < 1.29 is 27.5 Å². The van der Waals surface area contributed by atoms with Crippen molar-refractivity contribution in [1.82, 2.24) is 4.90 Å². The summed E-state index contributed by atoms with van der Waals surface area (Å²) in [5, 5.41) is 0. The Morgan fingerprint density at radius 1 is 1.14 bits per heavy atom. The minimum Gasteiger partial charge on any atom is -0.496 e. The Labute approximate surface area is 168 Å². The number of carbonyl (C=O) groups is 2. The van der Waals surface area contributed by atoms with Gasteiger partial charge in [0.05, 0.1) is 19.8 Å². The van der Waals surface area contributed by atoms with Crippen LogP contribution in [-0.4, -0.2) is 53.3 Å². The minimum absolute atomic E-state index is 0.0890. The number of hydrogen-bond donors (Lipinski definition) is 0. The molecule has 1 amide bonds. The first kappa shape index (κ1) is 21.7. The first-order valence-corrected chi connectivity index (χ1v) is 10.5. The lowest BCUT2D eigenvalue weighted by atomic mass is 10.1.